The Bertz CT molecular complexity index is 683. The van der Waals surface area contributed by atoms with E-state index in [1.165, 1.54) is 9.13 Å². The van der Waals surface area contributed by atoms with Crippen LogP contribution in [0, 0.1) is 6.92 Å². The summed E-state index contributed by atoms with van der Waals surface area (Å²) in [7, 11) is 0. The maximum absolute atomic E-state index is 12.1. The van der Waals surface area contributed by atoms with E-state index in [1.54, 1.807) is 12.4 Å². The van der Waals surface area contributed by atoms with Gasteiger partial charge < -0.3 is 4.57 Å². The number of aryl methyl sites for hydroxylation is 2. The molecule has 0 radical (unpaired) electrons. The molecule has 1 aromatic carbocycles. The molecule has 1 aromatic heterocycles. The number of nitrogens with zero attached hydrogens (tertiary/aromatic N) is 2. The van der Waals surface area contributed by atoms with Gasteiger partial charge in [-0.05, 0) is 31.0 Å². The molecule has 0 aliphatic carbocycles. The average Bonchev–Trinajstić information content (AvgIpc) is 2.40. The van der Waals surface area contributed by atoms with Gasteiger partial charge in [0, 0.05) is 24.6 Å². The van der Waals surface area contributed by atoms with Gasteiger partial charge in [-0.3, -0.25) is 14.2 Å². The van der Waals surface area contributed by atoms with Crippen molar-refractivity contribution in [2.24, 2.45) is 0 Å². The largest absolute Gasteiger partial charge is 0.320 e. The van der Waals surface area contributed by atoms with E-state index < -0.39 is 11.1 Å². The Kier molecular flexibility index (Phi) is 4.00. The lowest BCUT2D eigenvalue weighted by Crippen LogP contribution is -2.39. The van der Waals surface area contributed by atoms with E-state index in [0.29, 0.717) is 6.54 Å². The summed E-state index contributed by atoms with van der Waals surface area (Å²) in [5.74, 6) is 0. The summed E-state index contributed by atoms with van der Waals surface area (Å²) in [6.07, 6.45) is 5.23. The van der Waals surface area contributed by atoms with Crippen LogP contribution < -0.4 is 11.1 Å². The molecular formula is C15H18N2O2. The lowest BCUT2D eigenvalue weighted by atomic mass is 10.2. The van der Waals surface area contributed by atoms with E-state index >= 15 is 0 Å². The first kappa shape index (κ1) is 13.3. The number of hydrogen-bond donors (Lipinski definition) is 0. The van der Waals surface area contributed by atoms with Crippen LogP contribution in [0.1, 0.15) is 25.3 Å². The molecule has 19 heavy (non-hydrogen) atoms. The van der Waals surface area contributed by atoms with E-state index in [1.807, 2.05) is 31.2 Å². The fourth-order valence-corrected chi connectivity index (χ4v) is 1.99. The Labute approximate surface area is 111 Å². The van der Waals surface area contributed by atoms with Crippen molar-refractivity contribution in [1.82, 2.24) is 9.13 Å². The minimum absolute atomic E-state index is 0.461. The van der Waals surface area contributed by atoms with Gasteiger partial charge in [-0.1, -0.05) is 25.5 Å². The molecule has 0 aliphatic heterocycles. The van der Waals surface area contributed by atoms with Crippen LogP contribution in [-0.4, -0.2) is 9.13 Å². The van der Waals surface area contributed by atoms with E-state index in [9.17, 15) is 9.59 Å². The van der Waals surface area contributed by atoms with Gasteiger partial charge >= 0.3 is 11.1 Å². The number of aromatic nitrogens is 2. The minimum Gasteiger partial charge on any atom is -0.309 e. The van der Waals surface area contributed by atoms with E-state index in [2.05, 4.69) is 6.92 Å². The lowest BCUT2D eigenvalue weighted by Gasteiger charge is -2.09. The maximum atomic E-state index is 12.1. The van der Waals surface area contributed by atoms with Crippen LogP contribution >= 0.6 is 0 Å². The highest BCUT2D eigenvalue weighted by molar-refractivity contribution is 5.35. The first-order valence-corrected chi connectivity index (χ1v) is 6.52. The van der Waals surface area contributed by atoms with Gasteiger partial charge in [-0.2, -0.15) is 0 Å². The molecule has 4 nitrogen and oxygen atoms in total. The number of benzene rings is 1. The van der Waals surface area contributed by atoms with Crippen LogP contribution in [0.25, 0.3) is 5.69 Å². The summed E-state index contributed by atoms with van der Waals surface area (Å²) in [5, 5.41) is 0. The van der Waals surface area contributed by atoms with Crippen LogP contribution in [0.5, 0.6) is 0 Å². The second-order valence-corrected chi connectivity index (χ2v) is 4.66. The average molecular weight is 258 g/mol. The summed E-state index contributed by atoms with van der Waals surface area (Å²) in [6.45, 7) is 4.61. The molecule has 100 valence electrons. The van der Waals surface area contributed by atoms with Gasteiger partial charge in [0.05, 0.1) is 0 Å². The molecule has 0 aliphatic rings. The van der Waals surface area contributed by atoms with Crippen LogP contribution in [-0.2, 0) is 6.54 Å². The van der Waals surface area contributed by atoms with Crippen LogP contribution in [0.15, 0.2) is 46.2 Å². The Balaban J connectivity index is 2.47. The highest BCUT2D eigenvalue weighted by Gasteiger charge is 2.06. The third kappa shape index (κ3) is 2.84. The van der Waals surface area contributed by atoms with Crippen molar-refractivity contribution >= 4 is 0 Å². The van der Waals surface area contributed by atoms with Gasteiger partial charge in [0.15, 0.2) is 0 Å². The molecule has 2 aromatic rings. The summed E-state index contributed by atoms with van der Waals surface area (Å²) in [4.78, 5) is 24.1. The zero-order valence-corrected chi connectivity index (χ0v) is 11.3. The quantitative estimate of drug-likeness (QED) is 0.788. The molecule has 4 heteroatoms. The first-order valence-electron chi connectivity index (χ1n) is 6.52. The van der Waals surface area contributed by atoms with Crippen molar-refractivity contribution in [3.63, 3.8) is 0 Å². The number of rotatable bonds is 4. The Hall–Kier alpha value is -2.10. The molecule has 2 rings (SSSR count). The zero-order valence-electron chi connectivity index (χ0n) is 11.3. The summed E-state index contributed by atoms with van der Waals surface area (Å²) in [6, 6.07) is 7.54. The van der Waals surface area contributed by atoms with Crippen LogP contribution in [0.2, 0.25) is 0 Å². The van der Waals surface area contributed by atoms with Crippen LogP contribution in [0.3, 0.4) is 0 Å². The fourth-order valence-electron chi connectivity index (χ4n) is 1.99. The van der Waals surface area contributed by atoms with Gasteiger partial charge in [-0.25, -0.2) is 0 Å². The van der Waals surface area contributed by atoms with Gasteiger partial charge in [0.25, 0.3) is 0 Å². The van der Waals surface area contributed by atoms with E-state index in [4.69, 9.17) is 0 Å². The van der Waals surface area contributed by atoms with Crippen molar-refractivity contribution in [2.45, 2.75) is 33.2 Å². The first-order chi connectivity index (χ1) is 9.13. The third-order valence-electron chi connectivity index (χ3n) is 3.09. The Morgan fingerprint density at radius 2 is 1.89 bits per heavy atom. The molecule has 0 saturated heterocycles. The standard InChI is InChI=1S/C15H18N2O2/c1-3-4-8-16-9-10-17(15(19)14(16)18)13-7-5-6-12(2)11-13/h5-7,9-11H,3-4,8H2,1-2H3. The summed E-state index contributed by atoms with van der Waals surface area (Å²) >= 11 is 0. The monoisotopic (exact) mass is 258 g/mol. The molecule has 0 amide bonds. The topological polar surface area (TPSA) is 44.0 Å². The van der Waals surface area contributed by atoms with E-state index in [0.717, 1.165) is 24.1 Å². The smallest absolute Gasteiger partial charge is 0.309 e. The molecule has 0 saturated carbocycles. The number of unbranched alkanes of at least 4 members (excludes halogenated alkanes) is 1. The van der Waals surface area contributed by atoms with Crippen molar-refractivity contribution in [3.8, 4) is 5.69 Å². The third-order valence-corrected chi connectivity index (χ3v) is 3.09. The number of hydrogen-bond acceptors (Lipinski definition) is 2. The Morgan fingerprint density at radius 1 is 1.11 bits per heavy atom. The molecule has 0 spiro atoms. The van der Waals surface area contributed by atoms with Gasteiger partial charge in [-0.15, -0.1) is 0 Å². The lowest BCUT2D eigenvalue weighted by molar-refractivity contribution is 0.599. The van der Waals surface area contributed by atoms with Crippen molar-refractivity contribution < 1.29 is 0 Å². The molecule has 0 atom stereocenters. The van der Waals surface area contributed by atoms with Crippen molar-refractivity contribution in [2.75, 3.05) is 0 Å². The second kappa shape index (κ2) is 5.69. The summed E-state index contributed by atoms with van der Waals surface area (Å²) in [5.41, 5.74) is 0.825. The van der Waals surface area contributed by atoms with Crippen molar-refractivity contribution in [1.29, 1.82) is 0 Å². The predicted molar refractivity (Wildman–Crippen MR) is 75.9 cm³/mol. The van der Waals surface area contributed by atoms with E-state index in [-0.39, 0.29) is 0 Å². The normalized spacial score (nSPS) is 10.6. The Morgan fingerprint density at radius 3 is 2.58 bits per heavy atom. The fraction of sp³-hybridized carbons (Fsp3) is 0.333. The molecular weight excluding hydrogens is 240 g/mol. The molecule has 0 fully saturated rings. The van der Waals surface area contributed by atoms with Crippen molar-refractivity contribution in [3.05, 3.63) is 62.9 Å². The molecule has 0 unspecified atom stereocenters. The summed E-state index contributed by atoms with van der Waals surface area (Å²) < 4.78 is 2.88. The highest BCUT2D eigenvalue weighted by atomic mass is 16.2. The van der Waals surface area contributed by atoms with Crippen LogP contribution in [0.4, 0.5) is 0 Å². The molecule has 0 N–H and O–H groups in total. The second-order valence-electron chi connectivity index (χ2n) is 4.66. The van der Waals surface area contributed by atoms with Gasteiger partial charge in [0.1, 0.15) is 0 Å². The SMILES string of the molecule is CCCCn1ccn(-c2cccc(C)c2)c(=O)c1=O. The predicted octanol–water partition coefficient (Wildman–Crippen LogP) is 2.11. The zero-order chi connectivity index (χ0) is 13.8. The maximum Gasteiger partial charge on any atom is 0.320 e. The molecule has 1 heterocycles. The molecule has 0 bridgehead atoms. The minimum atomic E-state index is -0.496. The highest BCUT2D eigenvalue weighted by Crippen LogP contribution is 2.06. The van der Waals surface area contributed by atoms with Gasteiger partial charge in [0.2, 0.25) is 0 Å².